The molecule has 1 atom stereocenters. The Labute approximate surface area is 149 Å². The second-order valence-corrected chi connectivity index (χ2v) is 5.76. The normalized spacial score (nSPS) is 11.7. The molecule has 0 saturated carbocycles. The van der Waals surface area contributed by atoms with Gasteiger partial charge in [-0.25, -0.2) is 0 Å². The van der Waals surface area contributed by atoms with Gasteiger partial charge in [0.2, 0.25) is 5.91 Å². The first-order valence-corrected chi connectivity index (χ1v) is 7.62. The lowest BCUT2D eigenvalue weighted by Crippen LogP contribution is -2.35. The molecule has 1 unspecified atom stereocenters. The number of likely N-dealkylation sites (N-methyl/N-ethyl adjacent to an activating group) is 1. The lowest BCUT2D eigenvalue weighted by molar-refractivity contribution is -0.120. The van der Waals surface area contributed by atoms with Crippen LogP contribution in [0.25, 0.3) is 0 Å². The number of hydrogen-bond acceptors (Lipinski definition) is 4. The number of furan rings is 1. The zero-order valence-electron chi connectivity index (χ0n) is 14.5. The molecule has 2 rings (SSSR count). The number of ether oxygens (including phenoxy) is 1. The van der Waals surface area contributed by atoms with E-state index in [0.717, 1.165) is 22.8 Å². The van der Waals surface area contributed by atoms with E-state index in [0.29, 0.717) is 13.0 Å². The number of carbonyl (C=O) groups excluding carboxylic acids is 1. The van der Waals surface area contributed by atoms with Crippen molar-refractivity contribution in [1.29, 1.82) is 0 Å². The number of rotatable bonds is 7. The largest absolute Gasteiger partial charge is 0.497 e. The van der Waals surface area contributed by atoms with Crippen molar-refractivity contribution in [2.75, 3.05) is 27.7 Å². The van der Waals surface area contributed by atoms with Crippen molar-refractivity contribution in [2.24, 2.45) is 0 Å². The Kier molecular flexibility index (Phi) is 7.82. The number of aryl methyl sites for hydroxylation is 1. The van der Waals surface area contributed by atoms with Gasteiger partial charge in [-0.1, -0.05) is 12.1 Å². The maximum absolute atomic E-state index is 12.1. The van der Waals surface area contributed by atoms with Gasteiger partial charge in [0.25, 0.3) is 0 Å². The minimum Gasteiger partial charge on any atom is -0.497 e. The predicted molar refractivity (Wildman–Crippen MR) is 96.8 cm³/mol. The fourth-order valence-electron chi connectivity index (χ4n) is 2.37. The molecule has 132 valence electrons. The van der Waals surface area contributed by atoms with Crippen LogP contribution in [-0.2, 0) is 11.2 Å². The smallest absolute Gasteiger partial charge is 0.224 e. The summed E-state index contributed by atoms with van der Waals surface area (Å²) in [5.41, 5.74) is 0.957. The highest BCUT2D eigenvalue weighted by Crippen LogP contribution is 2.20. The van der Waals surface area contributed by atoms with E-state index < -0.39 is 0 Å². The first kappa shape index (κ1) is 20.1. The van der Waals surface area contributed by atoms with Gasteiger partial charge in [-0.2, -0.15) is 0 Å². The third-order valence-corrected chi connectivity index (χ3v) is 3.73. The molecule has 5 nitrogen and oxygen atoms in total. The quantitative estimate of drug-likeness (QED) is 0.832. The molecule has 2 aromatic rings. The zero-order chi connectivity index (χ0) is 16.8. The van der Waals surface area contributed by atoms with Gasteiger partial charge in [0, 0.05) is 6.54 Å². The van der Waals surface area contributed by atoms with Crippen molar-refractivity contribution in [3.8, 4) is 5.75 Å². The van der Waals surface area contributed by atoms with Crippen LogP contribution in [0.4, 0.5) is 0 Å². The molecule has 1 heterocycles. The summed E-state index contributed by atoms with van der Waals surface area (Å²) in [6.45, 7) is 2.42. The molecular weight excluding hydrogens is 328 g/mol. The maximum Gasteiger partial charge on any atom is 0.224 e. The minimum atomic E-state index is -0.00899. The Morgan fingerprint density at radius 1 is 1.21 bits per heavy atom. The summed E-state index contributed by atoms with van der Waals surface area (Å²) in [4.78, 5) is 14.2. The van der Waals surface area contributed by atoms with Crippen molar-refractivity contribution in [3.63, 3.8) is 0 Å². The van der Waals surface area contributed by atoms with Gasteiger partial charge < -0.3 is 14.5 Å². The van der Waals surface area contributed by atoms with Crippen LogP contribution in [0, 0.1) is 6.92 Å². The molecule has 24 heavy (non-hydrogen) atoms. The highest BCUT2D eigenvalue weighted by atomic mass is 35.5. The Morgan fingerprint density at radius 3 is 2.38 bits per heavy atom. The first-order chi connectivity index (χ1) is 11.0. The maximum atomic E-state index is 12.1. The van der Waals surface area contributed by atoms with E-state index in [2.05, 4.69) is 5.32 Å². The Balaban J connectivity index is 0.00000288. The summed E-state index contributed by atoms with van der Waals surface area (Å²) in [6, 6.07) is 11.4. The molecule has 1 amide bonds. The molecule has 0 fully saturated rings. The molecule has 1 aromatic carbocycles. The second kappa shape index (κ2) is 9.35. The average molecular weight is 353 g/mol. The molecule has 0 aliphatic carbocycles. The summed E-state index contributed by atoms with van der Waals surface area (Å²) in [7, 11) is 5.57. The number of benzene rings is 1. The summed E-state index contributed by atoms with van der Waals surface area (Å²) in [6.07, 6.45) is 0.349. The van der Waals surface area contributed by atoms with E-state index >= 15 is 0 Å². The van der Waals surface area contributed by atoms with E-state index in [1.54, 1.807) is 7.11 Å². The topological polar surface area (TPSA) is 54.7 Å². The molecule has 0 saturated heterocycles. The van der Waals surface area contributed by atoms with Crippen LogP contribution in [0.1, 0.15) is 23.1 Å². The van der Waals surface area contributed by atoms with E-state index in [1.165, 1.54) is 0 Å². The Bertz CT molecular complexity index is 638. The second-order valence-electron chi connectivity index (χ2n) is 5.76. The summed E-state index contributed by atoms with van der Waals surface area (Å²) in [5, 5.41) is 2.98. The first-order valence-electron chi connectivity index (χ1n) is 7.62. The summed E-state index contributed by atoms with van der Waals surface area (Å²) >= 11 is 0. The number of methoxy groups -OCH3 is 1. The van der Waals surface area contributed by atoms with Crippen molar-refractivity contribution in [1.82, 2.24) is 10.2 Å². The van der Waals surface area contributed by atoms with Crippen LogP contribution >= 0.6 is 12.4 Å². The fourth-order valence-corrected chi connectivity index (χ4v) is 2.37. The number of nitrogens with zero attached hydrogens (tertiary/aromatic N) is 1. The van der Waals surface area contributed by atoms with Crippen molar-refractivity contribution >= 4 is 18.3 Å². The van der Waals surface area contributed by atoms with Crippen molar-refractivity contribution in [3.05, 3.63) is 53.5 Å². The highest BCUT2D eigenvalue weighted by molar-refractivity contribution is 5.85. The van der Waals surface area contributed by atoms with Gasteiger partial charge in [0.1, 0.15) is 17.3 Å². The molecule has 0 aliphatic heterocycles. The molecule has 6 heteroatoms. The van der Waals surface area contributed by atoms with Gasteiger partial charge in [-0.05, 0) is 50.8 Å². The van der Waals surface area contributed by atoms with Crippen LogP contribution < -0.4 is 10.1 Å². The van der Waals surface area contributed by atoms with E-state index in [4.69, 9.17) is 9.15 Å². The fraction of sp³-hybridized carbons (Fsp3) is 0.389. The molecule has 0 bridgehead atoms. The molecule has 0 radical (unpaired) electrons. The lowest BCUT2D eigenvalue weighted by Gasteiger charge is -2.22. The van der Waals surface area contributed by atoms with E-state index in [1.807, 2.05) is 62.3 Å². The van der Waals surface area contributed by atoms with Gasteiger partial charge in [0.05, 0.1) is 19.6 Å². The van der Waals surface area contributed by atoms with Crippen LogP contribution in [0.3, 0.4) is 0 Å². The Morgan fingerprint density at radius 2 is 1.88 bits per heavy atom. The van der Waals surface area contributed by atoms with Crippen molar-refractivity contribution in [2.45, 2.75) is 19.4 Å². The van der Waals surface area contributed by atoms with Gasteiger partial charge in [0.15, 0.2) is 0 Å². The standard InChI is InChI=1S/C18H24N2O3.ClH/c1-13-5-10-17(23-13)16(20(2)3)12-19-18(21)11-14-6-8-15(22-4)9-7-14;/h5-10,16H,11-12H2,1-4H3,(H,19,21);1H. The molecule has 1 aromatic heterocycles. The van der Waals surface area contributed by atoms with Gasteiger partial charge in [-0.3, -0.25) is 9.69 Å². The molecular formula is C18H25ClN2O3. The highest BCUT2D eigenvalue weighted by Gasteiger charge is 2.18. The SMILES string of the molecule is COc1ccc(CC(=O)NCC(c2ccc(C)o2)N(C)C)cc1.Cl. The molecule has 1 N–H and O–H groups in total. The van der Waals surface area contributed by atoms with Crippen molar-refractivity contribution < 1.29 is 13.9 Å². The molecule has 0 spiro atoms. The van der Waals surface area contributed by atoms with Gasteiger partial charge in [-0.15, -0.1) is 12.4 Å². The van der Waals surface area contributed by atoms with E-state index in [-0.39, 0.29) is 24.4 Å². The minimum absolute atomic E-state index is 0. The van der Waals surface area contributed by atoms with Gasteiger partial charge >= 0.3 is 0 Å². The van der Waals surface area contributed by atoms with Crippen LogP contribution in [0.2, 0.25) is 0 Å². The number of carbonyl (C=O) groups is 1. The number of halogens is 1. The van der Waals surface area contributed by atoms with Crippen LogP contribution in [0.15, 0.2) is 40.8 Å². The van der Waals surface area contributed by atoms with E-state index in [9.17, 15) is 4.79 Å². The third-order valence-electron chi connectivity index (χ3n) is 3.73. The Hall–Kier alpha value is -1.98. The van der Waals surface area contributed by atoms with Crippen LogP contribution in [0.5, 0.6) is 5.75 Å². The average Bonchev–Trinajstić information content (AvgIpc) is 2.94. The van der Waals surface area contributed by atoms with Crippen LogP contribution in [-0.4, -0.2) is 38.6 Å². The monoisotopic (exact) mass is 352 g/mol. The summed E-state index contributed by atoms with van der Waals surface area (Å²) < 4.78 is 10.8. The molecule has 0 aliphatic rings. The lowest BCUT2D eigenvalue weighted by atomic mass is 10.1. The zero-order valence-corrected chi connectivity index (χ0v) is 15.4. The number of amides is 1. The number of nitrogens with one attached hydrogen (secondary N) is 1. The summed E-state index contributed by atoms with van der Waals surface area (Å²) in [5.74, 6) is 2.51. The number of hydrogen-bond donors (Lipinski definition) is 1. The third kappa shape index (κ3) is 5.58. The predicted octanol–water partition coefficient (Wildman–Crippen LogP) is 2.98.